The third-order valence-corrected chi connectivity index (χ3v) is 5.37. The molecule has 2 aromatic rings. The van der Waals surface area contributed by atoms with E-state index in [0.29, 0.717) is 12.1 Å². The number of hydrogen-bond donors (Lipinski definition) is 2. The van der Waals surface area contributed by atoms with E-state index >= 15 is 0 Å². The SMILES string of the molecule is COc1ccc(SCCCC(=O)Nc2ccc(S(N)(=O)=O)cc2)cc1. The minimum absolute atomic E-state index is 0.0152. The predicted molar refractivity (Wildman–Crippen MR) is 99.4 cm³/mol. The third-order valence-electron chi connectivity index (χ3n) is 3.34. The first-order valence-corrected chi connectivity index (χ1v) is 10.1. The van der Waals surface area contributed by atoms with Crippen molar-refractivity contribution >= 4 is 33.4 Å². The van der Waals surface area contributed by atoms with Crippen molar-refractivity contribution in [2.45, 2.75) is 22.6 Å². The van der Waals surface area contributed by atoms with Gasteiger partial charge in [0.15, 0.2) is 0 Å². The summed E-state index contributed by atoms with van der Waals surface area (Å²) >= 11 is 1.68. The first-order valence-electron chi connectivity index (χ1n) is 7.58. The zero-order valence-corrected chi connectivity index (χ0v) is 15.4. The second-order valence-electron chi connectivity index (χ2n) is 5.25. The largest absolute Gasteiger partial charge is 0.497 e. The van der Waals surface area contributed by atoms with Gasteiger partial charge < -0.3 is 10.1 Å². The number of rotatable bonds is 8. The number of amides is 1. The van der Waals surface area contributed by atoms with Crippen LogP contribution in [0.1, 0.15) is 12.8 Å². The van der Waals surface area contributed by atoms with Crippen molar-refractivity contribution in [2.24, 2.45) is 5.14 Å². The van der Waals surface area contributed by atoms with Crippen LogP contribution in [0.15, 0.2) is 58.3 Å². The molecule has 0 aliphatic carbocycles. The molecule has 0 fully saturated rings. The fourth-order valence-electron chi connectivity index (χ4n) is 2.05. The van der Waals surface area contributed by atoms with Gasteiger partial charge in [-0.15, -0.1) is 11.8 Å². The van der Waals surface area contributed by atoms with Gasteiger partial charge in [-0.05, 0) is 60.7 Å². The van der Waals surface area contributed by atoms with Crippen LogP contribution in [0.25, 0.3) is 0 Å². The Morgan fingerprint density at radius 3 is 2.32 bits per heavy atom. The smallest absolute Gasteiger partial charge is 0.238 e. The molecule has 3 N–H and O–H groups in total. The fourth-order valence-corrected chi connectivity index (χ4v) is 3.41. The van der Waals surface area contributed by atoms with Crippen LogP contribution in [0, 0.1) is 0 Å². The topological polar surface area (TPSA) is 98.5 Å². The molecule has 0 saturated carbocycles. The summed E-state index contributed by atoms with van der Waals surface area (Å²) < 4.78 is 27.5. The van der Waals surface area contributed by atoms with Gasteiger partial charge in [0.25, 0.3) is 0 Å². The number of ether oxygens (including phenoxy) is 1. The monoisotopic (exact) mass is 380 g/mol. The van der Waals surface area contributed by atoms with Crippen LogP contribution in [0.3, 0.4) is 0 Å². The minimum atomic E-state index is -3.72. The number of methoxy groups -OCH3 is 1. The molecule has 0 saturated heterocycles. The fraction of sp³-hybridized carbons (Fsp3) is 0.235. The Bertz CT molecular complexity index is 804. The highest BCUT2D eigenvalue weighted by molar-refractivity contribution is 7.99. The summed E-state index contributed by atoms with van der Waals surface area (Å²) in [4.78, 5) is 13.0. The maximum atomic E-state index is 11.9. The highest BCUT2D eigenvalue weighted by Crippen LogP contribution is 2.22. The molecule has 6 nitrogen and oxygen atoms in total. The molecule has 2 aromatic carbocycles. The lowest BCUT2D eigenvalue weighted by atomic mass is 10.3. The molecule has 0 atom stereocenters. The molecule has 0 aromatic heterocycles. The number of carbonyl (C=O) groups is 1. The molecule has 0 radical (unpaired) electrons. The van der Waals surface area contributed by atoms with Crippen LogP contribution >= 0.6 is 11.8 Å². The standard InChI is InChI=1S/C17H20N2O4S2/c1-23-14-6-8-15(9-7-14)24-12-2-3-17(20)19-13-4-10-16(11-5-13)25(18,21)22/h4-11H,2-3,12H2,1H3,(H,19,20)(H2,18,21,22). The Kier molecular flexibility index (Phi) is 6.86. The van der Waals surface area contributed by atoms with Gasteiger partial charge in [0.1, 0.15) is 5.75 Å². The summed E-state index contributed by atoms with van der Waals surface area (Å²) in [5.74, 6) is 1.53. The van der Waals surface area contributed by atoms with Crippen LogP contribution in [-0.2, 0) is 14.8 Å². The molecular formula is C17H20N2O4S2. The molecule has 25 heavy (non-hydrogen) atoms. The summed E-state index contributed by atoms with van der Waals surface area (Å²) in [5.41, 5.74) is 0.542. The van der Waals surface area contributed by atoms with Crippen molar-refractivity contribution in [3.8, 4) is 5.75 Å². The van der Waals surface area contributed by atoms with Gasteiger partial charge in [-0.2, -0.15) is 0 Å². The number of benzene rings is 2. The van der Waals surface area contributed by atoms with E-state index < -0.39 is 10.0 Å². The lowest BCUT2D eigenvalue weighted by Crippen LogP contribution is -2.13. The Labute approximate surface area is 151 Å². The second-order valence-corrected chi connectivity index (χ2v) is 7.97. The van der Waals surface area contributed by atoms with Crippen LogP contribution in [0.5, 0.6) is 5.75 Å². The first-order chi connectivity index (χ1) is 11.9. The number of sulfonamides is 1. The average Bonchev–Trinajstić information content (AvgIpc) is 2.59. The van der Waals surface area contributed by atoms with E-state index in [4.69, 9.17) is 9.88 Å². The Balaban J connectivity index is 1.73. The molecule has 0 spiro atoms. The molecule has 134 valence electrons. The van der Waals surface area contributed by atoms with E-state index in [9.17, 15) is 13.2 Å². The molecule has 0 aliphatic heterocycles. The number of nitrogens with one attached hydrogen (secondary N) is 1. The number of hydrogen-bond acceptors (Lipinski definition) is 5. The Morgan fingerprint density at radius 1 is 1.12 bits per heavy atom. The van der Waals surface area contributed by atoms with Gasteiger partial charge in [-0.25, -0.2) is 13.6 Å². The van der Waals surface area contributed by atoms with Crippen LogP contribution in [0.4, 0.5) is 5.69 Å². The van der Waals surface area contributed by atoms with E-state index in [0.717, 1.165) is 22.8 Å². The molecular weight excluding hydrogens is 360 g/mol. The quantitative estimate of drug-likeness (QED) is 0.542. The average molecular weight is 380 g/mol. The third kappa shape index (κ3) is 6.41. The maximum absolute atomic E-state index is 11.9. The summed E-state index contributed by atoms with van der Waals surface area (Å²) in [6, 6.07) is 13.5. The van der Waals surface area contributed by atoms with Crippen molar-refractivity contribution in [2.75, 3.05) is 18.2 Å². The van der Waals surface area contributed by atoms with Gasteiger partial charge in [-0.3, -0.25) is 4.79 Å². The van der Waals surface area contributed by atoms with Gasteiger partial charge in [-0.1, -0.05) is 0 Å². The van der Waals surface area contributed by atoms with Crippen molar-refractivity contribution in [1.29, 1.82) is 0 Å². The number of nitrogens with two attached hydrogens (primary N) is 1. The van der Waals surface area contributed by atoms with E-state index in [2.05, 4.69) is 5.32 Å². The lowest BCUT2D eigenvalue weighted by Gasteiger charge is -2.06. The van der Waals surface area contributed by atoms with Crippen LogP contribution in [-0.4, -0.2) is 27.2 Å². The van der Waals surface area contributed by atoms with Crippen molar-refractivity contribution < 1.29 is 17.9 Å². The van der Waals surface area contributed by atoms with E-state index in [1.807, 2.05) is 24.3 Å². The molecule has 0 heterocycles. The molecule has 0 aliphatic rings. The van der Waals surface area contributed by atoms with Crippen molar-refractivity contribution in [3.05, 3.63) is 48.5 Å². The Hall–Kier alpha value is -2.03. The van der Waals surface area contributed by atoms with Gasteiger partial charge >= 0.3 is 0 Å². The number of carbonyl (C=O) groups excluding carboxylic acids is 1. The zero-order valence-electron chi connectivity index (χ0n) is 13.8. The number of thioether (sulfide) groups is 1. The first kappa shape index (κ1) is 19.3. The minimum Gasteiger partial charge on any atom is -0.497 e. The van der Waals surface area contributed by atoms with E-state index in [-0.39, 0.29) is 10.8 Å². The van der Waals surface area contributed by atoms with Crippen molar-refractivity contribution in [1.82, 2.24) is 0 Å². The summed E-state index contributed by atoms with van der Waals surface area (Å²) in [6.07, 6.45) is 1.12. The molecule has 2 rings (SSSR count). The summed E-state index contributed by atoms with van der Waals surface area (Å²) in [5, 5.41) is 7.76. The number of primary sulfonamides is 1. The summed E-state index contributed by atoms with van der Waals surface area (Å²) in [6.45, 7) is 0. The Morgan fingerprint density at radius 2 is 1.76 bits per heavy atom. The highest BCUT2D eigenvalue weighted by Gasteiger charge is 2.08. The van der Waals surface area contributed by atoms with Gasteiger partial charge in [0, 0.05) is 17.0 Å². The molecule has 0 unspecified atom stereocenters. The second kappa shape index (κ2) is 8.89. The molecule has 8 heteroatoms. The van der Waals surface area contributed by atoms with Crippen LogP contribution < -0.4 is 15.2 Å². The number of anilines is 1. The molecule has 1 amide bonds. The van der Waals surface area contributed by atoms with Gasteiger partial charge in [0.05, 0.1) is 12.0 Å². The molecule has 0 bridgehead atoms. The van der Waals surface area contributed by atoms with Crippen molar-refractivity contribution in [3.63, 3.8) is 0 Å². The zero-order chi connectivity index (χ0) is 18.3. The van der Waals surface area contributed by atoms with Gasteiger partial charge in [0.2, 0.25) is 15.9 Å². The summed E-state index contributed by atoms with van der Waals surface area (Å²) in [7, 11) is -2.09. The van der Waals surface area contributed by atoms with E-state index in [1.54, 1.807) is 18.9 Å². The van der Waals surface area contributed by atoms with E-state index in [1.165, 1.54) is 24.3 Å². The predicted octanol–water partition coefficient (Wildman–Crippen LogP) is 2.85. The normalized spacial score (nSPS) is 11.1. The lowest BCUT2D eigenvalue weighted by molar-refractivity contribution is -0.116. The maximum Gasteiger partial charge on any atom is 0.238 e. The highest BCUT2D eigenvalue weighted by atomic mass is 32.2. The van der Waals surface area contributed by atoms with Crippen LogP contribution in [0.2, 0.25) is 0 Å².